The van der Waals surface area contributed by atoms with Crippen LogP contribution in [-0.2, 0) is 11.3 Å². The summed E-state index contributed by atoms with van der Waals surface area (Å²) >= 11 is 6.01. The quantitative estimate of drug-likeness (QED) is 0.470. The molecular weight excluding hydrogens is 436 g/mol. The minimum atomic E-state index is -0.234. The maximum absolute atomic E-state index is 13.3. The van der Waals surface area contributed by atoms with E-state index in [1.165, 1.54) is 0 Å². The number of hydrogen-bond donors (Lipinski definition) is 1. The maximum atomic E-state index is 13.3. The number of rotatable bonds is 6. The Bertz CT molecular complexity index is 1190. The minimum Gasteiger partial charge on any atom is -0.449 e. The summed E-state index contributed by atoms with van der Waals surface area (Å²) in [7, 11) is 0. The van der Waals surface area contributed by atoms with E-state index >= 15 is 0 Å². The number of ether oxygens (including phenoxy) is 1. The lowest BCUT2D eigenvalue weighted by Gasteiger charge is -2.30. The molecule has 0 aromatic heterocycles. The van der Waals surface area contributed by atoms with Crippen LogP contribution in [0.1, 0.15) is 41.8 Å². The zero-order chi connectivity index (χ0) is 23.4. The molecule has 4 rings (SSSR count). The van der Waals surface area contributed by atoms with Crippen molar-refractivity contribution in [3.8, 4) is 5.75 Å². The predicted octanol–water partition coefficient (Wildman–Crippen LogP) is 5.84. The molecule has 0 radical (unpaired) electrons. The lowest BCUT2D eigenvalue weighted by atomic mass is 10.1. The number of anilines is 1. The van der Waals surface area contributed by atoms with Crippen molar-refractivity contribution in [1.82, 2.24) is 5.32 Å². The summed E-state index contributed by atoms with van der Waals surface area (Å²) in [4.78, 5) is 27.4. The van der Waals surface area contributed by atoms with Gasteiger partial charge in [-0.2, -0.15) is 0 Å². The van der Waals surface area contributed by atoms with Crippen molar-refractivity contribution >= 4 is 35.2 Å². The first-order valence-corrected chi connectivity index (χ1v) is 11.3. The van der Waals surface area contributed by atoms with Gasteiger partial charge in [0.15, 0.2) is 11.5 Å². The van der Waals surface area contributed by atoms with Crippen LogP contribution in [0.15, 0.2) is 78.6 Å². The van der Waals surface area contributed by atoms with E-state index in [9.17, 15) is 9.59 Å². The smallest absolute Gasteiger partial charge is 0.294 e. The van der Waals surface area contributed by atoms with Crippen LogP contribution in [0.5, 0.6) is 5.75 Å². The first kappa shape index (κ1) is 22.6. The summed E-state index contributed by atoms with van der Waals surface area (Å²) in [5.41, 5.74) is 3.01. The number of benzene rings is 3. The summed E-state index contributed by atoms with van der Waals surface area (Å²) in [6.45, 7) is 4.38. The molecule has 0 fully saturated rings. The second-order valence-electron chi connectivity index (χ2n) is 8.00. The summed E-state index contributed by atoms with van der Waals surface area (Å²) in [5, 5.41) is 3.60. The van der Waals surface area contributed by atoms with Gasteiger partial charge in [-0.3, -0.25) is 14.5 Å². The van der Waals surface area contributed by atoms with Gasteiger partial charge in [0, 0.05) is 16.6 Å². The molecule has 1 aliphatic heterocycles. The fourth-order valence-corrected chi connectivity index (χ4v) is 3.61. The third kappa shape index (κ3) is 5.26. The number of fused-ring (bicyclic) bond motifs is 1. The Kier molecular flexibility index (Phi) is 6.80. The van der Waals surface area contributed by atoms with Gasteiger partial charge in [0.2, 0.25) is 0 Å². The summed E-state index contributed by atoms with van der Waals surface area (Å²) in [6, 6.07) is 22.1. The van der Waals surface area contributed by atoms with Gasteiger partial charge in [-0.15, -0.1) is 0 Å². The highest BCUT2D eigenvalue weighted by Crippen LogP contribution is 2.36. The molecule has 1 unspecified atom stereocenters. The highest BCUT2D eigenvalue weighted by Gasteiger charge is 2.30. The standard InChI is InChI=1S/C27H25ClN2O3/c1-3-18(2)29-26(31)21-12-8-19(9-13-21)16-25-27(32)30(17-20-10-14-22(28)15-11-20)23-6-4-5-7-24(23)33-25/h4-16,18H,3,17H2,1-2H3,(H,29,31). The number of halogens is 1. The molecule has 1 N–H and O–H groups in total. The molecule has 1 aliphatic rings. The van der Waals surface area contributed by atoms with Crippen LogP contribution in [0.3, 0.4) is 0 Å². The van der Waals surface area contributed by atoms with Gasteiger partial charge in [0.1, 0.15) is 0 Å². The number of nitrogens with zero attached hydrogens (tertiary/aromatic N) is 1. The zero-order valence-corrected chi connectivity index (χ0v) is 19.3. The Morgan fingerprint density at radius 3 is 2.45 bits per heavy atom. The lowest BCUT2D eigenvalue weighted by molar-refractivity contribution is -0.117. The Morgan fingerprint density at radius 2 is 1.76 bits per heavy atom. The summed E-state index contributed by atoms with van der Waals surface area (Å²) in [5.74, 6) is 0.486. The number of carbonyl (C=O) groups is 2. The van der Waals surface area contributed by atoms with Crippen LogP contribution in [0, 0.1) is 0 Å². The van der Waals surface area contributed by atoms with Crippen molar-refractivity contribution < 1.29 is 14.3 Å². The second-order valence-corrected chi connectivity index (χ2v) is 8.44. The van der Waals surface area contributed by atoms with Gasteiger partial charge >= 0.3 is 0 Å². The Balaban J connectivity index is 1.59. The van der Waals surface area contributed by atoms with E-state index in [1.54, 1.807) is 35.2 Å². The van der Waals surface area contributed by atoms with Gasteiger partial charge in [0.05, 0.1) is 12.2 Å². The number of amides is 2. The molecule has 6 heteroatoms. The Labute approximate surface area is 198 Å². The molecule has 0 aliphatic carbocycles. The molecule has 0 saturated carbocycles. The first-order chi connectivity index (χ1) is 15.9. The van der Waals surface area contributed by atoms with Gasteiger partial charge in [-0.05, 0) is 66.9 Å². The van der Waals surface area contributed by atoms with Crippen molar-refractivity contribution in [3.63, 3.8) is 0 Å². The molecule has 3 aromatic rings. The van der Waals surface area contributed by atoms with E-state index in [4.69, 9.17) is 16.3 Å². The Hall–Kier alpha value is -3.57. The average molecular weight is 461 g/mol. The molecule has 1 atom stereocenters. The van der Waals surface area contributed by atoms with Gasteiger partial charge in [-0.1, -0.05) is 54.9 Å². The van der Waals surface area contributed by atoms with E-state index in [0.717, 1.165) is 17.5 Å². The van der Waals surface area contributed by atoms with E-state index in [1.807, 2.05) is 62.4 Å². The van der Waals surface area contributed by atoms with Gasteiger partial charge in [0.25, 0.3) is 11.8 Å². The zero-order valence-electron chi connectivity index (χ0n) is 18.5. The SMILES string of the molecule is CCC(C)NC(=O)c1ccc(C=C2Oc3ccccc3N(Cc3ccc(Cl)cc3)C2=O)cc1. The van der Waals surface area contributed by atoms with Crippen LogP contribution in [0.25, 0.3) is 6.08 Å². The third-order valence-electron chi connectivity index (χ3n) is 5.55. The summed E-state index contributed by atoms with van der Waals surface area (Å²) < 4.78 is 5.95. The molecule has 0 saturated heterocycles. The van der Waals surface area contributed by atoms with Crippen LogP contribution in [0.4, 0.5) is 5.69 Å². The number of hydrogen-bond acceptors (Lipinski definition) is 3. The molecule has 3 aromatic carbocycles. The molecule has 1 heterocycles. The van der Waals surface area contributed by atoms with Crippen LogP contribution >= 0.6 is 11.6 Å². The third-order valence-corrected chi connectivity index (χ3v) is 5.80. The highest BCUT2D eigenvalue weighted by molar-refractivity contribution is 6.30. The number of para-hydroxylation sites is 2. The predicted molar refractivity (Wildman–Crippen MR) is 131 cm³/mol. The molecule has 0 bridgehead atoms. The molecule has 33 heavy (non-hydrogen) atoms. The number of nitrogens with one attached hydrogen (secondary N) is 1. The Morgan fingerprint density at radius 1 is 1.06 bits per heavy atom. The van der Waals surface area contributed by atoms with Crippen molar-refractivity contribution in [2.24, 2.45) is 0 Å². The van der Waals surface area contributed by atoms with Crippen LogP contribution in [-0.4, -0.2) is 17.9 Å². The van der Waals surface area contributed by atoms with Crippen molar-refractivity contribution in [2.45, 2.75) is 32.9 Å². The second kappa shape index (κ2) is 9.92. The van der Waals surface area contributed by atoms with Crippen LogP contribution in [0.2, 0.25) is 5.02 Å². The summed E-state index contributed by atoms with van der Waals surface area (Å²) in [6.07, 6.45) is 2.56. The van der Waals surface area contributed by atoms with E-state index in [0.29, 0.717) is 28.6 Å². The molecular formula is C27H25ClN2O3. The van der Waals surface area contributed by atoms with Crippen molar-refractivity contribution in [3.05, 3.63) is 100 Å². The maximum Gasteiger partial charge on any atom is 0.294 e. The van der Waals surface area contributed by atoms with E-state index in [2.05, 4.69) is 5.32 Å². The first-order valence-electron chi connectivity index (χ1n) is 10.9. The lowest BCUT2D eigenvalue weighted by Crippen LogP contribution is -2.36. The topological polar surface area (TPSA) is 58.6 Å². The van der Waals surface area contributed by atoms with Crippen molar-refractivity contribution in [2.75, 3.05) is 4.90 Å². The van der Waals surface area contributed by atoms with E-state index in [-0.39, 0.29) is 23.6 Å². The number of carbonyl (C=O) groups excluding carboxylic acids is 2. The van der Waals surface area contributed by atoms with Crippen LogP contribution < -0.4 is 15.0 Å². The normalized spacial score (nSPS) is 15.1. The fraction of sp³-hybridized carbons (Fsp3) is 0.185. The average Bonchev–Trinajstić information content (AvgIpc) is 2.83. The van der Waals surface area contributed by atoms with Crippen molar-refractivity contribution in [1.29, 1.82) is 0 Å². The molecule has 5 nitrogen and oxygen atoms in total. The highest BCUT2D eigenvalue weighted by atomic mass is 35.5. The van der Waals surface area contributed by atoms with E-state index < -0.39 is 0 Å². The monoisotopic (exact) mass is 460 g/mol. The van der Waals surface area contributed by atoms with Gasteiger partial charge < -0.3 is 10.1 Å². The minimum absolute atomic E-state index is 0.110. The molecule has 168 valence electrons. The fourth-order valence-electron chi connectivity index (χ4n) is 3.48. The molecule has 2 amide bonds. The largest absolute Gasteiger partial charge is 0.449 e. The van der Waals surface area contributed by atoms with Gasteiger partial charge in [-0.25, -0.2) is 0 Å². The molecule has 0 spiro atoms.